The van der Waals surface area contributed by atoms with Crippen LogP contribution in [0.4, 0.5) is 0 Å². The van der Waals surface area contributed by atoms with Crippen molar-refractivity contribution >= 4 is 16.9 Å². The lowest BCUT2D eigenvalue weighted by Crippen LogP contribution is -2.44. The van der Waals surface area contributed by atoms with Crippen LogP contribution in [0.2, 0.25) is 0 Å². The van der Waals surface area contributed by atoms with Crippen LogP contribution in [0.3, 0.4) is 0 Å². The number of benzene rings is 1. The van der Waals surface area contributed by atoms with Crippen LogP contribution in [-0.4, -0.2) is 48.4 Å². The Morgan fingerprint density at radius 1 is 1.16 bits per heavy atom. The van der Waals surface area contributed by atoms with E-state index >= 15 is 0 Å². The molecule has 0 N–H and O–H groups in total. The molecule has 2 saturated heterocycles. The number of hydrogen-bond acceptors (Lipinski definition) is 3. The van der Waals surface area contributed by atoms with Crippen LogP contribution < -0.4 is 0 Å². The number of fused-ring (bicyclic) bond motifs is 1. The molecule has 2 aromatic rings. The number of piperidine rings is 2. The van der Waals surface area contributed by atoms with Gasteiger partial charge in [0.05, 0.1) is 5.56 Å². The van der Waals surface area contributed by atoms with Crippen LogP contribution in [-0.2, 0) is 0 Å². The van der Waals surface area contributed by atoms with Gasteiger partial charge in [-0.1, -0.05) is 18.6 Å². The SMILES string of the molecule is Cc1cc2cccc(C(=O)N3CCCC(CN4CCCCC4)C3)c2o1. The van der Waals surface area contributed by atoms with Crippen molar-refractivity contribution in [3.63, 3.8) is 0 Å². The molecule has 1 amide bonds. The number of rotatable bonds is 3. The molecule has 134 valence electrons. The van der Waals surface area contributed by atoms with Gasteiger partial charge < -0.3 is 14.2 Å². The molecule has 2 aliphatic rings. The van der Waals surface area contributed by atoms with Crippen molar-refractivity contribution in [1.82, 2.24) is 9.80 Å². The van der Waals surface area contributed by atoms with Crippen LogP contribution in [0.1, 0.15) is 48.2 Å². The molecular formula is C21H28N2O2. The summed E-state index contributed by atoms with van der Waals surface area (Å²) in [5.74, 6) is 1.59. The van der Waals surface area contributed by atoms with Crippen molar-refractivity contribution in [2.75, 3.05) is 32.7 Å². The summed E-state index contributed by atoms with van der Waals surface area (Å²) in [5.41, 5.74) is 1.45. The smallest absolute Gasteiger partial charge is 0.257 e. The Hall–Kier alpha value is -1.81. The largest absolute Gasteiger partial charge is 0.461 e. The fraction of sp³-hybridized carbons (Fsp3) is 0.571. The molecular weight excluding hydrogens is 312 g/mol. The third kappa shape index (κ3) is 3.59. The minimum absolute atomic E-state index is 0.128. The van der Waals surface area contributed by atoms with Crippen LogP contribution in [0.5, 0.6) is 0 Å². The molecule has 0 aliphatic carbocycles. The molecule has 1 aromatic carbocycles. The van der Waals surface area contributed by atoms with Gasteiger partial charge >= 0.3 is 0 Å². The summed E-state index contributed by atoms with van der Waals surface area (Å²) in [6.07, 6.45) is 6.38. The van der Waals surface area contributed by atoms with E-state index in [0.717, 1.165) is 42.8 Å². The maximum absolute atomic E-state index is 13.1. The van der Waals surface area contributed by atoms with Crippen LogP contribution in [0.15, 0.2) is 28.7 Å². The zero-order valence-corrected chi connectivity index (χ0v) is 15.2. The highest BCUT2D eigenvalue weighted by Gasteiger charge is 2.27. The first-order valence-corrected chi connectivity index (χ1v) is 9.71. The van der Waals surface area contributed by atoms with Crippen molar-refractivity contribution in [2.24, 2.45) is 5.92 Å². The molecule has 0 radical (unpaired) electrons. The van der Waals surface area contributed by atoms with Gasteiger partial charge in [0.1, 0.15) is 11.3 Å². The Balaban J connectivity index is 1.47. The van der Waals surface area contributed by atoms with E-state index in [0.29, 0.717) is 11.5 Å². The molecule has 4 nitrogen and oxygen atoms in total. The summed E-state index contributed by atoms with van der Waals surface area (Å²) in [5, 5.41) is 1.02. The van der Waals surface area contributed by atoms with E-state index in [4.69, 9.17) is 4.42 Å². The summed E-state index contributed by atoms with van der Waals surface area (Å²) >= 11 is 0. The van der Waals surface area contributed by atoms with Gasteiger partial charge in [-0.15, -0.1) is 0 Å². The Bertz CT molecular complexity index is 745. The minimum atomic E-state index is 0.128. The summed E-state index contributed by atoms with van der Waals surface area (Å²) in [7, 11) is 0. The molecule has 4 rings (SSSR count). The second-order valence-electron chi connectivity index (χ2n) is 7.70. The minimum Gasteiger partial charge on any atom is -0.461 e. The normalized spacial score (nSPS) is 22.4. The Kier molecular flexibility index (Phi) is 4.80. The zero-order chi connectivity index (χ0) is 17.2. The van der Waals surface area contributed by atoms with Crippen molar-refractivity contribution in [3.05, 3.63) is 35.6 Å². The molecule has 1 aromatic heterocycles. The van der Waals surface area contributed by atoms with E-state index < -0.39 is 0 Å². The zero-order valence-electron chi connectivity index (χ0n) is 15.2. The summed E-state index contributed by atoms with van der Waals surface area (Å²) in [6, 6.07) is 7.88. The number of aryl methyl sites for hydroxylation is 1. The molecule has 25 heavy (non-hydrogen) atoms. The maximum atomic E-state index is 13.1. The van der Waals surface area contributed by atoms with Gasteiger partial charge in [0, 0.05) is 25.0 Å². The molecule has 1 unspecified atom stereocenters. The lowest BCUT2D eigenvalue weighted by atomic mass is 9.95. The van der Waals surface area contributed by atoms with Crippen LogP contribution >= 0.6 is 0 Å². The lowest BCUT2D eigenvalue weighted by Gasteiger charge is -2.36. The van der Waals surface area contributed by atoms with E-state index in [-0.39, 0.29) is 5.91 Å². The van der Waals surface area contributed by atoms with E-state index in [1.165, 1.54) is 38.8 Å². The fourth-order valence-electron chi connectivity index (χ4n) is 4.44. The topological polar surface area (TPSA) is 36.7 Å². The molecule has 0 bridgehead atoms. The number of hydrogen-bond donors (Lipinski definition) is 0. The summed E-state index contributed by atoms with van der Waals surface area (Å²) in [6.45, 7) is 7.29. The molecule has 2 fully saturated rings. The fourth-order valence-corrected chi connectivity index (χ4v) is 4.44. The van der Waals surface area contributed by atoms with Gasteiger partial charge in [0.25, 0.3) is 5.91 Å². The lowest BCUT2D eigenvalue weighted by molar-refractivity contribution is 0.0631. The van der Waals surface area contributed by atoms with Crippen LogP contribution in [0.25, 0.3) is 11.0 Å². The number of carbonyl (C=O) groups is 1. The number of para-hydroxylation sites is 1. The van der Waals surface area contributed by atoms with E-state index in [1.54, 1.807) is 0 Å². The highest BCUT2D eigenvalue weighted by Crippen LogP contribution is 2.26. The van der Waals surface area contributed by atoms with Crippen molar-refractivity contribution in [2.45, 2.75) is 39.0 Å². The Morgan fingerprint density at radius 2 is 2.00 bits per heavy atom. The number of carbonyl (C=O) groups excluding carboxylic acids is 1. The van der Waals surface area contributed by atoms with Gasteiger partial charge in [0.2, 0.25) is 0 Å². The Labute approximate surface area is 149 Å². The standard InChI is InChI=1S/C21H28N2O2/c1-16-13-18-8-5-9-19(20(18)25-16)21(24)23-12-6-7-17(15-23)14-22-10-3-2-4-11-22/h5,8-9,13,17H,2-4,6-7,10-12,14-15H2,1H3. The highest BCUT2D eigenvalue weighted by atomic mass is 16.3. The van der Waals surface area contributed by atoms with Gasteiger partial charge in [-0.3, -0.25) is 4.79 Å². The molecule has 4 heteroatoms. The van der Waals surface area contributed by atoms with Gasteiger partial charge in [-0.2, -0.15) is 0 Å². The van der Waals surface area contributed by atoms with Crippen LogP contribution in [0, 0.1) is 12.8 Å². The molecule has 3 heterocycles. The van der Waals surface area contributed by atoms with E-state index in [1.807, 2.05) is 36.1 Å². The second-order valence-corrected chi connectivity index (χ2v) is 7.70. The predicted molar refractivity (Wildman–Crippen MR) is 99.9 cm³/mol. The predicted octanol–water partition coefficient (Wildman–Crippen LogP) is 4.08. The first-order valence-electron chi connectivity index (χ1n) is 9.71. The van der Waals surface area contributed by atoms with Gasteiger partial charge in [0.15, 0.2) is 0 Å². The number of furan rings is 1. The number of amides is 1. The molecule has 0 saturated carbocycles. The quantitative estimate of drug-likeness (QED) is 0.845. The average molecular weight is 340 g/mol. The van der Waals surface area contributed by atoms with Crippen molar-refractivity contribution in [3.8, 4) is 0 Å². The number of likely N-dealkylation sites (tertiary alicyclic amines) is 2. The summed E-state index contributed by atoms with van der Waals surface area (Å²) < 4.78 is 5.80. The first kappa shape index (κ1) is 16.6. The third-order valence-corrected chi connectivity index (χ3v) is 5.67. The van der Waals surface area contributed by atoms with Crippen molar-refractivity contribution < 1.29 is 9.21 Å². The monoisotopic (exact) mass is 340 g/mol. The molecule has 1 atom stereocenters. The van der Waals surface area contributed by atoms with Gasteiger partial charge in [-0.05, 0) is 63.7 Å². The maximum Gasteiger partial charge on any atom is 0.257 e. The third-order valence-electron chi connectivity index (χ3n) is 5.67. The average Bonchev–Trinajstić information content (AvgIpc) is 3.02. The first-order chi connectivity index (χ1) is 12.2. The Morgan fingerprint density at radius 3 is 2.84 bits per heavy atom. The molecule has 2 aliphatic heterocycles. The van der Waals surface area contributed by atoms with Crippen molar-refractivity contribution in [1.29, 1.82) is 0 Å². The summed E-state index contributed by atoms with van der Waals surface area (Å²) in [4.78, 5) is 17.8. The molecule has 0 spiro atoms. The van der Waals surface area contributed by atoms with Gasteiger partial charge in [-0.25, -0.2) is 0 Å². The second kappa shape index (κ2) is 7.20. The number of nitrogens with zero attached hydrogens (tertiary/aromatic N) is 2. The van der Waals surface area contributed by atoms with E-state index in [9.17, 15) is 4.79 Å². The van der Waals surface area contributed by atoms with E-state index in [2.05, 4.69) is 4.90 Å². The highest BCUT2D eigenvalue weighted by molar-refractivity contribution is 6.05.